The van der Waals surface area contributed by atoms with Crippen molar-refractivity contribution in [3.8, 4) is 32.3 Å². The molecule has 71 heavy (non-hydrogen) atoms. The number of aliphatic hydroxyl groups is 1. The minimum Gasteiger partial charge on any atom is -0.490 e. The summed E-state index contributed by atoms with van der Waals surface area (Å²) in [5.41, 5.74) is 10.3. The molecule has 1 aliphatic carbocycles. The summed E-state index contributed by atoms with van der Waals surface area (Å²) in [4.78, 5) is 55.1. The number of hydrogen-bond donors (Lipinski definition) is 3. The first kappa shape index (κ1) is 48.1. The van der Waals surface area contributed by atoms with Crippen LogP contribution in [0.5, 0.6) is 5.75 Å². The van der Waals surface area contributed by atoms with Gasteiger partial charge in [0.2, 0.25) is 17.7 Å². The minimum absolute atomic E-state index is 0.0585. The van der Waals surface area contributed by atoms with Crippen LogP contribution in [0.2, 0.25) is 5.02 Å². The molecule has 3 aromatic carbocycles. The molecule has 2 fully saturated rings. The van der Waals surface area contributed by atoms with E-state index in [2.05, 4.69) is 44.8 Å². The summed E-state index contributed by atoms with van der Waals surface area (Å²) in [6.45, 7) is 12.4. The molecule has 15 nitrogen and oxygen atoms in total. The number of β-amino-alcohol motifs (C(OH)–C–C–N with tert-alkyl or cyclic N) is 1. The lowest BCUT2D eigenvalue weighted by atomic mass is 9.89. The van der Waals surface area contributed by atoms with Gasteiger partial charge in [0.1, 0.15) is 40.8 Å². The van der Waals surface area contributed by atoms with Crippen LogP contribution in [0.1, 0.15) is 96.1 Å². The molecule has 1 saturated heterocycles. The average Bonchev–Trinajstić information content (AvgIpc) is 4.19. The maximum absolute atomic E-state index is 14.4. The number of aliphatic imine (C=N–C) groups is 1. The predicted molar refractivity (Wildman–Crippen MR) is 275 cm³/mol. The van der Waals surface area contributed by atoms with Gasteiger partial charge >= 0.3 is 0 Å². The SMILES string of the molecule is Cc1ncsc1-c1ccc(CNC(=O)[C@@H]2C[C@@H](O)CN2C(=O)C(C(C)C)n2cc(-c3cccc(OC4CC(NC(=O)C[C@@H]5N=C(c6ccc(Cl)cc6)c6c(sc(C)c6C)-n6c(C)nnc65)C4)c3)cn2)cc1. The van der Waals surface area contributed by atoms with Gasteiger partial charge in [-0.1, -0.05) is 74.0 Å². The second-order valence-electron chi connectivity index (χ2n) is 19.1. The van der Waals surface area contributed by atoms with Crippen molar-refractivity contribution in [2.45, 2.75) is 110 Å². The van der Waals surface area contributed by atoms with Gasteiger partial charge in [-0.05, 0) is 80.1 Å². The first-order valence-corrected chi connectivity index (χ1v) is 26.0. The van der Waals surface area contributed by atoms with E-state index in [1.165, 1.54) is 9.78 Å². The van der Waals surface area contributed by atoms with Gasteiger partial charge in [-0.15, -0.1) is 32.9 Å². The number of nitrogens with one attached hydrogen (secondary N) is 2. The lowest BCUT2D eigenvalue weighted by Gasteiger charge is -2.36. The zero-order chi connectivity index (χ0) is 49.7. The average molecular weight is 1010 g/mol. The van der Waals surface area contributed by atoms with E-state index >= 15 is 0 Å². The molecule has 4 aromatic heterocycles. The van der Waals surface area contributed by atoms with E-state index in [0.717, 1.165) is 66.1 Å². The molecule has 18 heteroatoms. The summed E-state index contributed by atoms with van der Waals surface area (Å²) in [5, 5.41) is 32.2. The van der Waals surface area contributed by atoms with Crippen molar-refractivity contribution in [3.05, 3.63) is 140 Å². The Hall–Kier alpha value is -6.53. The number of hydrogen-bond acceptors (Lipinski definition) is 12. The zero-order valence-corrected chi connectivity index (χ0v) is 42.7. The lowest BCUT2D eigenvalue weighted by molar-refractivity contribution is -0.142. The summed E-state index contributed by atoms with van der Waals surface area (Å²) >= 11 is 9.55. The van der Waals surface area contributed by atoms with E-state index in [-0.39, 0.29) is 55.2 Å². The van der Waals surface area contributed by atoms with E-state index in [4.69, 9.17) is 21.3 Å². The molecule has 10 rings (SSSR count). The number of rotatable bonds is 14. The number of ether oxygens (including phenoxy) is 1. The van der Waals surface area contributed by atoms with Crippen LogP contribution in [0, 0.1) is 33.6 Å². The molecule has 3 aliphatic rings. The third-order valence-electron chi connectivity index (χ3n) is 13.7. The molecule has 366 valence electrons. The third-order valence-corrected chi connectivity index (χ3v) is 16.2. The molecule has 0 radical (unpaired) electrons. The van der Waals surface area contributed by atoms with Crippen molar-refractivity contribution < 1.29 is 24.2 Å². The quantitative estimate of drug-likeness (QED) is 0.0960. The van der Waals surface area contributed by atoms with E-state index in [0.29, 0.717) is 36.0 Å². The molecule has 0 spiro atoms. The number of thiophene rings is 1. The maximum Gasteiger partial charge on any atom is 0.248 e. The highest BCUT2D eigenvalue weighted by molar-refractivity contribution is 7.15. The number of fused-ring (bicyclic) bond motifs is 3. The molecule has 2 aliphatic heterocycles. The molecule has 7 aromatic rings. The molecular formula is C53H55ClN10O5S2. The van der Waals surface area contributed by atoms with Crippen LogP contribution >= 0.6 is 34.3 Å². The normalized spacial score (nSPS) is 19.9. The van der Waals surface area contributed by atoms with Crippen LogP contribution in [-0.4, -0.2) is 93.8 Å². The molecule has 1 unspecified atom stereocenters. The van der Waals surface area contributed by atoms with Crippen molar-refractivity contribution in [2.24, 2.45) is 10.9 Å². The Morgan fingerprint density at radius 2 is 1.69 bits per heavy atom. The Morgan fingerprint density at radius 1 is 0.930 bits per heavy atom. The summed E-state index contributed by atoms with van der Waals surface area (Å²) in [6.07, 6.45) is 4.20. The number of aliphatic hydroxyl groups excluding tert-OH is 1. The number of benzene rings is 3. The second-order valence-corrected chi connectivity index (χ2v) is 21.6. The summed E-state index contributed by atoms with van der Waals surface area (Å²) in [6, 6.07) is 21.2. The van der Waals surface area contributed by atoms with Gasteiger partial charge in [0, 0.05) is 71.2 Å². The summed E-state index contributed by atoms with van der Waals surface area (Å²) in [5.74, 6) is 1.17. The number of carbonyl (C=O) groups excluding carboxylic acids is 3. The smallest absolute Gasteiger partial charge is 0.248 e. The van der Waals surface area contributed by atoms with Crippen molar-refractivity contribution in [2.75, 3.05) is 6.54 Å². The number of thiazole rings is 1. The molecule has 3 N–H and O–H groups in total. The van der Waals surface area contributed by atoms with Crippen molar-refractivity contribution in [1.29, 1.82) is 0 Å². The van der Waals surface area contributed by atoms with Gasteiger partial charge in [-0.3, -0.25) is 28.6 Å². The highest BCUT2D eigenvalue weighted by atomic mass is 35.5. The van der Waals surface area contributed by atoms with Crippen LogP contribution in [0.25, 0.3) is 26.6 Å². The first-order valence-electron chi connectivity index (χ1n) is 23.9. The largest absolute Gasteiger partial charge is 0.490 e. The first-order chi connectivity index (χ1) is 34.2. The van der Waals surface area contributed by atoms with Crippen LogP contribution in [0.4, 0.5) is 0 Å². The second kappa shape index (κ2) is 19.9. The van der Waals surface area contributed by atoms with Gasteiger partial charge in [-0.25, -0.2) is 4.98 Å². The molecule has 3 amide bonds. The Morgan fingerprint density at radius 3 is 2.42 bits per heavy atom. The highest BCUT2D eigenvalue weighted by Crippen LogP contribution is 2.40. The number of halogens is 1. The lowest BCUT2D eigenvalue weighted by Crippen LogP contribution is -2.49. The number of nitrogens with zero attached hydrogens (tertiary/aromatic N) is 8. The minimum atomic E-state index is -0.823. The van der Waals surface area contributed by atoms with E-state index in [9.17, 15) is 19.5 Å². The summed E-state index contributed by atoms with van der Waals surface area (Å²) in [7, 11) is 0. The van der Waals surface area contributed by atoms with Gasteiger partial charge in [0.25, 0.3) is 0 Å². The van der Waals surface area contributed by atoms with Crippen LogP contribution in [0.15, 0.2) is 95.7 Å². The Balaban J connectivity index is 0.757. The van der Waals surface area contributed by atoms with Crippen molar-refractivity contribution in [3.63, 3.8) is 0 Å². The highest BCUT2D eigenvalue weighted by Gasteiger charge is 2.43. The van der Waals surface area contributed by atoms with Crippen LogP contribution < -0.4 is 15.4 Å². The van der Waals surface area contributed by atoms with E-state index in [1.807, 2.05) is 117 Å². The zero-order valence-electron chi connectivity index (χ0n) is 40.3. The molecule has 4 atom stereocenters. The Labute approximate surface area is 425 Å². The van der Waals surface area contributed by atoms with Gasteiger partial charge in [0.05, 0.1) is 40.5 Å². The third kappa shape index (κ3) is 9.80. The maximum atomic E-state index is 14.4. The fraction of sp³-hybridized carbons (Fsp3) is 0.358. The fourth-order valence-electron chi connectivity index (χ4n) is 9.79. The number of amides is 3. The standard InChI is InChI=1S/C53H55ClN10O5S2/c1-28(2)48(52(68)62-26-40(65)21-44(62)51(67)55-23-33-10-12-35(13-11-33)49-30(4)56-27-70-49)63-25-37(24-57-63)36-8-7-9-41(18-36)69-42-19-39(20-42)58-45(66)22-43-50-61-60-32(6)64(50)53-46(29(3)31(5)71-53)47(59-43)34-14-16-38(54)17-15-34/h7-18,24-25,27-28,39-40,42-44,48,65H,19-23,26H2,1-6H3,(H,55,67)(H,58,66)/t39?,40-,42?,43+,44+,48?/m1/s1. The van der Waals surface area contributed by atoms with Gasteiger partial charge in [-0.2, -0.15) is 5.10 Å². The number of likely N-dealkylation sites (tertiary alicyclic amines) is 1. The van der Waals surface area contributed by atoms with Crippen LogP contribution in [0.3, 0.4) is 0 Å². The van der Waals surface area contributed by atoms with E-state index in [1.54, 1.807) is 33.6 Å². The Bertz CT molecular complexity index is 3150. The molecule has 0 bridgehead atoms. The van der Waals surface area contributed by atoms with Crippen molar-refractivity contribution >= 4 is 57.7 Å². The number of carbonyl (C=O) groups is 3. The molecule has 6 heterocycles. The number of aryl methyl sites for hydroxylation is 3. The molecule has 1 saturated carbocycles. The summed E-state index contributed by atoms with van der Waals surface area (Å²) < 4.78 is 10.1. The van der Waals surface area contributed by atoms with Gasteiger partial charge in [0.15, 0.2) is 5.82 Å². The molecular weight excluding hydrogens is 956 g/mol. The number of aromatic nitrogens is 6. The van der Waals surface area contributed by atoms with Gasteiger partial charge < -0.3 is 25.4 Å². The fourth-order valence-corrected chi connectivity index (χ4v) is 11.9. The van der Waals surface area contributed by atoms with Crippen LogP contribution in [-0.2, 0) is 20.9 Å². The monoisotopic (exact) mass is 1010 g/mol. The van der Waals surface area contributed by atoms with Crippen molar-refractivity contribution in [1.82, 2.24) is 45.1 Å². The predicted octanol–water partition coefficient (Wildman–Crippen LogP) is 8.69. The Kier molecular flexibility index (Phi) is 13.5. The topological polar surface area (TPSA) is 182 Å². The van der Waals surface area contributed by atoms with E-state index < -0.39 is 24.2 Å².